The van der Waals surface area contributed by atoms with Crippen LogP contribution in [0.3, 0.4) is 0 Å². The van der Waals surface area contributed by atoms with E-state index in [1.807, 2.05) is 6.92 Å². The summed E-state index contributed by atoms with van der Waals surface area (Å²) in [6.07, 6.45) is 3.15. The molecule has 1 aromatic carbocycles. The average molecular weight is 467 g/mol. The molecule has 1 aliphatic carbocycles. The van der Waals surface area contributed by atoms with Gasteiger partial charge in [0, 0.05) is 24.0 Å². The van der Waals surface area contributed by atoms with E-state index < -0.39 is 17.3 Å². The first-order valence-corrected chi connectivity index (χ1v) is 11.2. The predicted molar refractivity (Wildman–Crippen MR) is 124 cm³/mol. The van der Waals surface area contributed by atoms with Crippen LogP contribution in [0.1, 0.15) is 42.6 Å². The minimum atomic E-state index is -4.52. The molecule has 0 unspecified atom stereocenters. The molecule has 0 amide bonds. The van der Waals surface area contributed by atoms with Gasteiger partial charge in [-0.05, 0) is 49.8 Å². The lowest BCUT2D eigenvalue weighted by molar-refractivity contribution is -0.137. The maximum absolute atomic E-state index is 13.9. The van der Waals surface area contributed by atoms with Crippen LogP contribution in [0.4, 0.5) is 13.2 Å². The van der Waals surface area contributed by atoms with Crippen molar-refractivity contribution in [3.8, 4) is 22.5 Å². The van der Waals surface area contributed by atoms with Crippen LogP contribution in [0.2, 0.25) is 0 Å². The first kappa shape index (κ1) is 22.5. The molecule has 34 heavy (non-hydrogen) atoms. The second-order valence-electron chi connectivity index (χ2n) is 9.06. The number of aromatic nitrogens is 4. The summed E-state index contributed by atoms with van der Waals surface area (Å²) >= 11 is 0. The number of aryl methyl sites for hydroxylation is 1. The molecule has 3 heterocycles. The largest absolute Gasteiger partial charge is 0.417 e. The third kappa shape index (κ3) is 3.95. The zero-order valence-corrected chi connectivity index (χ0v) is 18.7. The van der Waals surface area contributed by atoms with Gasteiger partial charge in [-0.3, -0.25) is 4.40 Å². The van der Waals surface area contributed by atoms with Crippen LogP contribution in [0, 0.1) is 6.92 Å². The maximum atomic E-state index is 13.9. The first-order chi connectivity index (χ1) is 16.2. The zero-order valence-electron chi connectivity index (χ0n) is 18.7. The van der Waals surface area contributed by atoms with E-state index in [9.17, 15) is 13.2 Å². The minimum absolute atomic E-state index is 0.0725. The van der Waals surface area contributed by atoms with Crippen molar-refractivity contribution in [2.24, 2.45) is 11.5 Å². The number of hydrogen-bond donors (Lipinski definition) is 2. The number of hydrogen-bond acceptors (Lipinski definition) is 5. The molecule has 0 atom stereocenters. The van der Waals surface area contributed by atoms with Gasteiger partial charge in [0.05, 0.1) is 28.7 Å². The number of halogens is 3. The molecule has 3 aromatic heterocycles. The maximum Gasteiger partial charge on any atom is 0.417 e. The molecule has 6 nitrogen and oxygen atoms in total. The smallest absolute Gasteiger partial charge is 0.328 e. The molecule has 1 saturated carbocycles. The van der Waals surface area contributed by atoms with Gasteiger partial charge in [0.25, 0.3) is 0 Å². The van der Waals surface area contributed by atoms with Gasteiger partial charge < -0.3 is 11.5 Å². The van der Waals surface area contributed by atoms with E-state index in [1.54, 1.807) is 47.1 Å². The third-order valence-electron chi connectivity index (χ3n) is 6.62. The van der Waals surface area contributed by atoms with Crippen LogP contribution < -0.4 is 11.5 Å². The standard InChI is InChI=1S/C25H25F3N6/c1-15-12-32-23(24(30)9-7-17(29)8-10-24)33-22(15)20-13-31-21-11-19(25(26,27)28)18(14-34(20)21)16-5-3-2-4-6-16/h2-6,11-14,17H,7-10,29-30H2,1H3. The molecule has 0 saturated heterocycles. The molecule has 0 radical (unpaired) electrons. The van der Waals surface area contributed by atoms with Gasteiger partial charge in [0.1, 0.15) is 11.5 Å². The lowest BCUT2D eigenvalue weighted by atomic mass is 9.79. The molecule has 176 valence electrons. The average Bonchev–Trinajstić information content (AvgIpc) is 3.23. The monoisotopic (exact) mass is 466 g/mol. The van der Waals surface area contributed by atoms with Crippen molar-refractivity contribution in [3.63, 3.8) is 0 Å². The summed E-state index contributed by atoms with van der Waals surface area (Å²) in [5, 5.41) is 0. The Labute approximate surface area is 194 Å². The highest BCUT2D eigenvalue weighted by Gasteiger charge is 2.36. The summed E-state index contributed by atoms with van der Waals surface area (Å²) in [6.45, 7) is 1.86. The molecular weight excluding hydrogens is 441 g/mol. The van der Waals surface area contributed by atoms with Crippen LogP contribution in [0.5, 0.6) is 0 Å². The van der Waals surface area contributed by atoms with Crippen LogP contribution >= 0.6 is 0 Å². The van der Waals surface area contributed by atoms with Crippen LogP contribution in [-0.2, 0) is 11.7 Å². The van der Waals surface area contributed by atoms with Gasteiger partial charge in [-0.15, -0.1) is 0 Å². The Bertz CT molecular complexity index is 1340. The third-order valence-corrected chi connectivity index (χ3v) is 6.62. The number of fused-ring (bicyclic) bond motifs is 1. The van der Waals surface area contributed by atoms with Crippen LogP contribution in [-0.4, -0.2) is 25.4 Å². The van der Waals surface area contributed by atoms with E-state index in [-0.39, 0.29) is 17.3 Å². The van der Waals surface area contributed by atoms with Crippen molar-refractivity contribution in [3.05, 3.63) is 71.9 Å². The number of nitrogens with two attached hydrogens (primary N) is 2. The molecule has 1 aliphatic rings. The van der Waals surface area contributed by atoms with E-state index in [4.69, 9.17) is 16.5 Å². The second-order valence-corrected chi connectivity index (χ2v) is 9.06. The van der Waals surface area contributed by atoms with Gasteiger partial charge >= 0.3 is 6.18 Å². The molecule has 0 spiro atoms. The van der Waals surface area contributed by atoms with Gasteiger partial charge in [0.15, 0.2) is 0 Å². The molecule has 4 N–H and O–H groups in total. The van der Waals surface area contributed by atoms with Gasteiger partial charge in [0.2, 0.25) is 0 Å². The number of rotatable bonds is 3. The Morgan fingerprint density at radius 3 is 2.44 bits per heavy atom. The molecule has 0 aliphatic heterocycles. The van der Waals surface area contributed by atoms with Crippen molar-refractivity contribution < 1.29 is 13.2 Å². The summed E-state index contributed by atoms with van der Waals surface area (Å²) in [6, 6.07) is 9.72. The Balaban J connectivity index is 1.67. The van der Waals surface area contributed by atoms with Gasteiger partial charge in [-0.2, -0.15) is 13.2 Å². The second kappa shape index (κ2) is 8.18. The van der Waals surface area contributed by atoms with Crippen molar-refractivity contribution in [2.75, 3.05) is 0 Å². The number of benzene rings is 1. The topological polar surface area (TPSA) is 95.1 Å². The van der Waals surface area contributed by atoms with Crippen LogP contribution in [0.15, 0.2) is 55.0 Å². The number of imidazole rings is 1. The van der Waals surface area contributed by atoms with Crippen molar-refractivity contribution >= 4 is 5.65 Å². The van der Waals surface area contributed by atoms with E-state index >= 15 is 0 Å². The fourth-order valence-electron chi connectivity index (χ4n) is 4.60. The molecule has 5 rings (SSSR count). The van der Waals surface area contributed by atoms with Crippen molar-refractivity contribution in [2.45, 2.75) is 50.4 Å². The number of nitrogens with zero attached hydrogens (tertiary/aromatic N) is 4. The summed E-state index contributed by atoms with van der Waals surface area (Å²) in [4.78, 5) is 13.6. The van der Waals surface area contributed by atoms with Crippen molar-refractivity contribution in [1.29, 1.82) is 0 Å². The summed E-state index contributed by atoms with van der Waals surface area (Å²) in [5.41, 5.74) is 14.0. The summed E-state index contributed by atoms with van der Waals surface area (Å²) in [7, 11) is 0. The molecule has 1 fully saturated rings. The fourth-order valence-corrected chi connectivity index (χ4v) is 4.60. The van der Waals surface area contributed by atoms with E-state index in [0.717, 1.165) is 24.5 Å². The predicted octanol–water partition coefficient (Wildman–Crippen LogP) is 4.84. The van der Waals surface area contributed by atoms with Crippen molar-refractivity contribution in [1.82, 2.24) is 19.4 Å². The molecule has 0 bridgehead atoms. The highest BCUT2D eigenvalue weighted by Crippen LogP contribution is 2.39. The van der Waals surface area contributed by atoms with Crippen LogP contribution in [0.25, 0.3) is 28.2 Å². The zero-order chi connectivity index (χ0) is 24.1. The highest BCUT2D eigenvalue weighted by atomic mass is 19.4. The Kier molecular flexibility index (Phi) is 5.41. The number of alkyl halides is 3. The Hall–Kier alpha value is -3.30. The normalized spacial score (nSPS) is 21.2. The van der Waals surface area contributed by atoms with E-state index in [1.165, 1.54) is 6.20 Å². The summed E-state index contributed by atoms with van der Waals surface area (Å²) in [5.74, 6) is 0.519. The first-order valence-electron chi connectivity index (χ1n) is 11.2. The van der Waals surface area contributed by atoms with E-state index in [2.05, 4.69) is 9.97 Å². The van der Waals surface area contributed by atoms with E-state index in [0.29, 0.717) is 35.6 Å². The Morgan fingerprint density at radius 2 is 1.76 bits per heavy atom. The molecule has 4 aromatic rings. The minimum Gasteiger partial charge on any atom is -0.328 e. The van der Waals surface area contributed by atoms with Gasteiger partial charge in [-0.1, -0.05) is 30.3 Å². The number of pyridine rings is 1. The molecule has 9 heteroatoms. The highest BCUT2D eigenvalue weighted by molar-refractivity contribution is 5.72. The Morgan fingerprint density at radius 1 is 1.06 bits per heavy atom. The molecular formula is C25H25F3N6. The quantitative estimate of drug-likeness (QED) is 0.451. The fraction of sp³-hybridized carbons (Fsp3) is 0.320. The lowest BCUT2D eigenvalue weighted by Crippen LogP contribution is -2.45. The van der Waals surface area contributed by atoms with Gasteiger partial charge in [-0.25, -0.2) is 15.0 Å². The SMILES string of the molecule is Cc1cnc(C2(N)CCC(N)CC2)nc1-c1cnc2cc(C(F)(F)F)c(-c3ccccc3)cn12. The summed E-state index contributed by atoms with van der Waals surface area (Å²) < 4.78 is 43.4. The lowest BCUT2D eigenvalue weighted by Gasteiger charge is -2.34.